The standard InChI is InChI=1S/C21H26N4O4/c1-21(2,3)23-19(27)14-5-7-15(8-6-14)20(28)25-24-18(26)13-22-16-9-11-17(29-4)12-10-16/h5-12,22H,13H2,1-4H3,(H,23,27)(H,24,26)(H,25,28). The third kappa shape index (κ3) is 7.17. The van der Waals surface area contributed by atoms with Crippen LogP contribution in [0.3, 0.4) is 0 Å². The fraction of sp³-hybridized carbons (Fsp3) is 0.286. The molecule has 0 unspecified atom stereocenters. The molecule has 3 amide bonds. The van der Waals surface area contributed by atoms with Crippen LogP contribution in [0.4, 0.5) is 5.69 Å². The van der Waals surface area contributed by atoms with Gasteiger partial charge in [-0.2, -0.15) is 0 Å². The second-order valence-electron chi connectivity index (χ2n) is 7.37. The van der Waals surface area contributed by atoms with Crippen molar-refractivity contribution in [2.75, 3.05) is 19.0 Å². The van der Waals surface area contributed by atoms with Crippen LogP contribution in [0.25, 0.3) is 0 Å². The van der Waals surface area contributed by atoms with Gasteiger partial charge in [0.1, 0.15) is 5.75 Å². The predicted molar refractivity (Wildman–Crippen MR) is 111 cm³/mol. The maximum Gasteiger partial charge on any atom is 0.269 e. The predicted octanol–water partition coefficient (Wildman–Crippen LogP) is 2.10. The zero-order valence-corrected chi connectivity index (χ0v) is 17.0. The summed E-state index contributed by atoms with van der Waals surface area (Å²) < 4.78 is 5.07. The molecular weight excluding hydrogens is 372 g/mol. The molecule has 0 atom stereocenters. The van der Waals surface area contributed by atoms with Crippen molar-refractivity contribution < 1.29 is 19.1 Å². The van der Waals surface area contributed by atoms with Crippen LogP contribution in [0, 0.1) is 0 Å². The quantitative estimate of drug-likeness (QED) is 0.557. The second kappa shape index (κ2) is 9.59. The van der Waals surface area contributed by atoms with Crippen molar-refractivity contribution in [2.45, 2.75) is 26.3 Å². The molecule has 0 spiro atoms. The first-order valence-electron chi connectivity index (χ1n) is 9.07. The fourth-order valence-corrected chi connectivity index (χ4v) is 2.32. The summed E-state index contributed by atoms with van der Waals surface area (Å²) in [6, 6.07) is 13.3. The number of rotatable bonds is 6. The number of methoxy groups -OCH3 is 1. The third-order valence-electron chi connectivity index (χ3n) is 3.76. The van der Waals surface area contributed by atoms with Gasteiger partial charge in [-0.15, -0.1) is 0 Å². The molecule has 0 aliphatic rings. The molecule has 2 rings (SSSR count). The van der Waals surface area contributed by atoms with Gasteiger partial charge in [-0.3, -0.25) is 25.2 Å². The highest BCUT2D eigenvalue weighted by molar-refractivity contribution is 5.98. The Labute approximate surface area is 170 Å². The molecule has 0 aromatic heterocycles. The minimum absolute atomic E-state index is 0.0154. The van der Waals surface area contributed by atoms with Crippen molar-refractivity contribution in [3.63, 3.8) is 0 Å². The van der Waals surface area contributed by atoms with Crippen LogP contribution >= 0.6 is 0 Å². The number of carbonyl (C=O) groups is 3. The maximum absolute atomic E-state index is 12.1. The van der Waals surface area contributed by atoms with Gasteiger partial charge in [0.2, 0.25) is 0 Å². The lowest BCUT2D eigenvalue weighted by Gasteiger charge is -2.20. The molecule has 0 heterocycles. The summed E-state index contributed by atoms with van der Waals surface area (Å²) in [5.41, 5.74) is 5.84. The van der Waals surface area contributed by atoms with Crippen LogP contribution in [0.1, 0.15) is 41.5 Å². The van der Waals surface area contributed by atoms with Crippen molar-refractivity contribution in [3.8, 4) is 5.75 Å². The van der Waals surface area contributed by atoms with E-state index in [4.69, 9.17) is 4.74 Å². The molecule has 154 valence electrons. The van der Waals surface area contributed by atoms with Gasteiger partial charge in [-0.1, -0.05) is 0 Å². The molecule has 0 fully saturated rings. The number of benzene rings is 2. The largest absolute Gasteiger partial charge is 0.497 e. The SMILES string of the molecule is COc1ccc(NCC(=O)NNC(=O)c2ccc(C(=O)NC(C)(C)C)cc2)cc1. The summed E-state index contributed by atoms with van der Waals surface area (Å²) in [5, 5.41) is 5.78. The van der Waals surface area contributed by atoms with Gasteiger partial charge in [0.05, 0.1) is 13.7 Å². The molecule has 0 aliphatic heterocycles. The molecular formula is C21H26N4O4. The van der Waals surface area contributed by atoms with Crippen molar-refractivity contribution >= 4 is 23.4 Å². The average Bonchev–Trinajstić information content (AvgIpc) is 2.69. The minimum Gasteiger partial charge on any atom is -0.497 e. The van der Waals surface area contributed by atoms with E-state index >= 15 is 0 Å². The first kappa shape index (κ1) is 21.7. The van der Waals surface area contributed by atoms with Crippen LogP contribution in [0.15, 0.2) is 48.5 Å². The Kier molecular flexibility index (Phi) is 7.19. The monoisotopic (exact) mass is 398 g/mol. The third-order valence-corrected chi connectivity index (χ3v) is 3.76. The lowest BCUT2D eigenvalue weighted by Crippen LogP contribution is -2.44. The summed E-state index contributed by atoms with van der Waals surface area (Å²) in [6.45, 7) is 5.65. The topological polar surface area (TPSA) is 109 Å². The summed E-state index contributed by atoms with van der Waals surface area (Å²) in [7, 11) is 1.58. The number of anilines is 1. The number of nitrogens with one attached hydrogen (secondary N) is 4. The van der Waals surface area contributed by atoms with Gasteiger partial charge < -0.3 is 15.4 Å². The summed E-state index contributed by atoms with van der Waals surface area (Å²) >= 11 is 0. The molecule has 0 saturated heterocycles. The van der Waals surface area contributed by atoms with Crippen molar-refractivity contribution in [3.05, 3.63) is 59.7 Å². The zero-order valence-electron chi connectivity index (χ0n) is 17.0. The fourth-order valence-electron chi connectivity index (χ4n) is 2.32. The van der Waals surface area contributed by atoms with E-state index < -0.39 is 11.8 Å². The Morgan fingerprint density at radius 2 is 1.38 bits per heavy atom. The Morgan fingerprint density at radius 1 is 0.828 bits per heavy atom. The molecule has 29 heavy (non-hydrogen) atoms. The maximum atomic E-state index is 12.1. The second-order valence-corrected chi connectivity index (χ2v) is 7.37. The van der Waals surface area contributed by atoms with Crippen molar-refractivity contribution in [2.24, 2.45) is 0 Å². The highest BCUT2D eigenvalue weighted by Gasteiger charge is 2.15. The van der Waals surface area contributed by atoms with E-state index in [1.807, 2.05) is 20.8 Å². The Morgan fingerprint density at radius 3 is 1.90 bits per heavy atom. The molecule has 8 heteroatoms. The van der Waals surface area contributed by atoms with Gasteiger partial charge in [0.25, 0.3) is 17.7 Å². The van der Waals surface area contributed by atoms with E-state index in [0.29, 0.717) is 16.9 Å². The first-order chi connectivity index (χ1) is 13.7. The van der Waals surface area contributed by atoms with E-state index in [1.54, 1.807) is 43.5 Å². The first-order valence-corrected chi connectivity index (χ1v) is 9.07. The molecule has 0 aliphatic carbocycles. The van der Waals surface area contributed by atoms with E-state index in [9.17, 15) is 14.4 Å². The number of hydrogen-bond acceptors (Lipinski definition) is 5. The van der Waals surface area contributed by atoms with Gasteiger partial charge in [0, 0.05) is 22.4 Å². The molecule has 8 nitrogen and oxygen atoms in total. The number of amides is 3. The zero-order chi connectivity index (χ0) is 21.4. The summed E-state index contributed by atoms with van der Waals surface area (Å²) in [5.74, 6) is -0.391. The summed E-state index contributed by atoms with van der Waals surface area (Å²) in [6.07, 6.45) is 0. The van der Waals surface area contributed by atoms with Gasteiger partial charge in [-0.05, 0) is 69.3 Å². The van der Waals surface area contributed by atoms with Crippen LogP contribution in [-0.4, -0.2) is 36.9 Å². The Balaban J connectivity index is 1.80. The van der Waals surface area contributed by atoms with Gasteiger partial charge in [0.15, 0.2) is 0 Å². The smallest absolute Gasteiger partial charge is 0.269 e. The highest BCUT2D eigenvalue weighted by Crippen LogP contribution is 2.14. The van der Waals surface area contributed by atoms with E-state index in [2.05, 4.69) is 21.5 Å². The van der Waals surface area contributed by atoms with E-state index in [1.165, 1.54) is 12.1 Å². The highest BCUT2D eigenvalue weighted by atomic mass is 16.5. The number of carbonyl (C=O) groups excluding carboxylic acids is 3. The van der Waals surface area contributed by atoms with E-state index in [0.717, 1.165) is 5.69 Å². The Bertz CT molecular complexity index is 856. The number of ether oxygens (including phenoxy) is 1. The van der Waals surface area contributed by atoms with Gasteiger partial charge >= 0.3 is 0 Å². The van der Waals surface area contributed by atoms with Crippen LogP contribution in [0.2, 0.25) is 0 Å². The Hall–Kier alpha value is -3.55. The van der Waals surface area contributed by atoms with Crippen molar-refractivity contribution in [1.82, 2.24) is 16.2 Å². The molecule has 2 aromatic carbocycles. The number of hydrazine groups is 1. The van der Waals surface area contributed by atoms with Gasteiger partial charge in [-0.25, -0.2) is 0 Å². The van der Waals surface area contributed by atoms with Crippen LogP contribution < -0.4 is 26.2 Å². The van der Waals surface area contributed by atoms with E-state index in [-0.39, 0.29) is 18.0 Å². The molecule has 0 saturated carbocycles. The minimum atomic E-state index is -0.481. The molecule has 2 aromatic rings. The van der Waals surface area contributed by atoms with Crippen LogP contribution in [-0.2, 0) is 4.79 Å². The molecule has 4 N–H and O–H groups in total. The molecule has 0 bridgehead atoms. The van der Waals surface area contributed by atoms with Crippen LogP contribution in [0.5, 0.6) is 5.75 Å². The summed E-state index contributed by atoms with van der Waals surface area (Å²) in [4.78, 5) is 36.1. The lowest BCUT2D eigenvalue weighted by molar-refractivity contribution is -0.120. The lowest BCUT2D eigenvalue weighted by atomic mass is 10.1. The van der Waals surface area contributed by atoms with Crippen molar-refractivity contribution in [1.29, 1.82) is 0 Å². The number of hydrogen-bond donors (Lipinski definition) is 4. The molecule has 0 radical (unpaired) electrons. The average molecular weight is 398 g/mol. The normalized spacial score (nSPS) is 10.6.